The van der Waals surface area contributed by atoms with Crippen LogP contribution >= 0.6 is 12.4 Å². The zero-order valence-electron chi connectivity index (χ0n) is 14.5. The van der Waals surface area contributed by atoms with Crippen molar-refractivity contribution in [2.75, 3.05) is 53.0 Å². The normalized spacial score (nSPS) is 15.9. The summed E-state index contributed by atoms with van der Waals surface area (Å²) in [4.78, 5) is 4.91. The Morgan fingerprint density at radius 2 is 1.39 bits per heavy atom. The van der Waals surface area contributed by atoms with Crippen molar-refractivity contribution in [2.24, 2.45) is 0 Å². The van der Waals surface area contributed by atoms with Crippen LogP contribution in [0.3, 0.4) is 0 Å². The van der Waals surface area contributed by atoms with Crippen molar-refractivity contribution in [3.05, 3.63) is 24.3 Å². The van der Waals surface area contributed by atoms with E-state index in [1.165, 1.54) is 26.2 Å². The van der Waals surface area contributed by atoms with Crippen molar-refractivity contribution in [3.63, 3.8) is 0 Å². The fourth-order valence-corrected chi connectivity index (χ4v) is 2.52. The number of hydrogen-bond acceptors (Lipinski definition) is 4. The lowest BCUT2D eigenvalue weighted by molar-refractivity contribution is 0.145. The number of nitrogens with zero attached hydrogens (tertiary/aromatic N) is 2. The average molecular weight is 343 g/mol. The minimum absolute atomic E-state index is 0. The zero-order chi connectivity index (χ0) is 15.6. The van der Waals surface area contributed by atoms with Crippen LogP contribution in [0.2, 0.25) is 0 Å². The maximum absolute atomic E-state index is 5.81. The highest BCUT2D eigenvalue weighted by molar-refractivity contribution is 5.85. The van der Waals surface area contributed by atoms with Gasteiger partial charge in [-0.05, 0) is 44.2 Å². The van der Waals surface area contributed by atoms with Crippen LogP contribution in [0.4, 0.5) is 0 Å². The van der Waals surface area contributed by atoms with Gasteiger partial charge in [-0.15, -0.1) is 12.4 Å². The van der Waals surface area contributed by atoms with E-state index in [9.17, 15) is 0 Å². The first kappa shape index (κ1) is 20.1. The molecular weight excluding hydrogens is 312 g/mol. The molecule has 1 aliphatic heterocycles. The van der Waals surface area contributed by atoms with Crippen molar-refractivity contribution >= 4 is 12.4 Å². The minimum Gasteiger partial charge on any atom is -0.494 e. The van der Waals surface area contributed by atoms with Crippen molar-refractivity contribution in [1.29, 1.82) is 0 Å². The van der Waals surface area contributed by atoms with Crippen LogP contribution < -0.4 is 9.47 Å². The smallest absolute Gasteiger partial charge is 0.119 e. The number of benzene rings is 1. The quantitative estimate of drug-likeness (QED) is 0.643. The summed E-state index contributed by atoms with van der Waals surface area (Å²) in [7, 11) is 2.19. The van der Waals surface area contributed by atoms with E-state index in [0.29, 0.717) is 0 Å². The molecule has 0 radical (unpaired) electrons. The number of unbranched alkanes of at least 4 members (excludes halogenated alkanes) is 1. The third kappa shape index (κ3) is 7.91. The number of rotatable bonds is 9. The van der Waals surface area contributed by atoms with Crippen LogP contribution in [-0.2, 0) is 0 Å². The summed E-state index contributed by atoms with van der Waals surface area (Å²) >= 11 is 0. The SMILES string of the molecule is CCCCOc1ccc(OCCCN2CCN(C)CC2)cc1.Cl. The van der Waals surface area contributed by atoms with Crippen LogP contribution in [0.25, 0.3) is 0 Å². The lowest BCUT2D eigenvalue weighted by Gasteiger charge is -2.32. The molecule has 1 saturated heterocycles. The van der Waals surface area contributed by atoms with Crippen molar-refractivity contribution < 1.29 is 9.47 Å². The fraction of sp³-hybridized carbons (Fsp3) is 0.667. The average Bonchev–Trinajstić information content (AvgIpc) is 2.55. The zero-order valence-corrected chi connectivity index (χ0v) is 15.3. The molecule has 4 nitrogen and oxygen atoms in total. The number of ether oxygens (including phenoxy) is 2. The third-order valence-corrected chi connectivity index (χ3v) is 4.07. The molecule has 0 spiro atoms. The largest absolute Gasteiger partial charge is 0.494 e. The Morgan fingerprint density at radius 3 is 1.91 bits per heavy atom. The van der Waals surface area contributed by atoms with Gasteiger partial charge in [-0.3, -0.25) is 0 Å². The van der Waals surface area contributed by atoms with Crippen LogP contribution in [-0.4, -0.2) is 62.8 Å². The van der Waals surface area contributed by atoms with E-state index < -0.39 is 0 Å². The van der Waals surface area contributed by atoms with E-state index in [1.807, 2.05) is 24.3 Å². The molecule has 0 atom stereocenters. The molecule has 0 aliphatic carbocycles. The van der Waals surface area contributed by atoms with E-state index in [2.05, 4.69) is 23.8 Å². The van der Waals surface area contributed by atoms with Crippen LogP contribution in [0.15, 0.2) is 24.3 Å². The molecule has 5 heteroatoms. The number of likely N-dealkylation sites (N-methyl/N-ethyl adjacent to an activating group) is 1. The monoisotopic (exact) mass is 342 g/mol. The van der Waals surface area contributed by atoms with Gasteiger partial charge >= 0.3 is 0 Å². The first-order valence-electron chi connectivity index (χ1n) is 8.54. The Hall–Kier alpha value is -0.970. The van der Waals surface area contributed by atoms with Gasteiger partial charge in [-0.1, -0.05) is 13.3 Å². The molecule has 0 N–H and O–H groups in total. The van der Waals surface area contributed by atoms with Gasteiger partial charge in [-0.25, -0.2) is 0 Å². The first-order chi connectivity index (χ1) is 10.8. The molecule has 0 amide bonds. The van der Waals surface area contributed by atoms with E-state index in [-0.39, 0.29) is 12.4 Å². The summed E-state index contributed by atoms with van der Waals surface area (Å²) in [5.41, 5.74) is 0. The van der Waals surface area contributed by atoms with E-state index in [1.54, 1.807) is 0 Å². The predicted molar refractivity (Wildman–Crippen MR) is 98.1 cm³/mol. The second kappa shape index (κ2) is 11.5. The maximum Gasteiger partial charge on any atom is 0.119 e. The molecular formula is C18H31ClN2O2. The summed E-state index contributed by atoms with van der Waals surface area (Å²) in [5, 5.41) is 0. The highest BCUT2D eigenvalue weighted by atomic mass is 35.5. The van der Waals surface area contributed by atoms with Crippen LogP contribution in [0.1, 0.15) is 26.2 Å². The molecule has 0 bridgehead atoms. The lowest BCUT2D eigenvalue weighted by atomic mass is 10.3. The van der Waals surface area contributed by atoms with Gasteiger partial charge in [0.1, 0.15) is 11.5 Å². The molecule has 0 unspecified atom stereocenters. The second-order valence-corrected chi connectivity index (χ2v) is 6.02. The predicted octanol–water partition coefficient (Wildman–Crippen LogP) is 3.30. The Bertz CT molecular complexity index is 406. The molecule has 1 fully saturated rings. The summed E-state index contributed by atoms with van der Waals surface area (Å²) in [6, 6.07) is 7.98. The van der Waals surface area contributed by atoms with E-state index >= 15 is 0 Å². The Kier molecular flexibility index (Phi) is 10.1. The van der Waals surface area contributed by atoms with Crippen molar-refractivity contribution in [1.82, 2.24) is 9.80 Å². The first-order valence-corrected chi connectivity index (χ1v) is 8.54. The van der Waals surface area contributed by atoms with Crippen molar-refractivity contribution in [2.45, 2.75) is 26.2 Å². The standard InChI is InChI=1S/C18H30N2O2.ClH/c1-3-4-15-21-17-6-8-18(9-7-17)22-16-5-10-20-13-11-19(2)12-14-20;/h6-9H,3-5,10-16H2,1-2H3;1H. The highest BCUT2D eigenvalue weighted by Gasteiger charge is 2.12. The van der Waals surface area contributed by atoms with Gasteiger partial charge in [-0.2, -0.15) is 0 Å². The molecule has 1 aromatic rings. The van der Waals surface area contributed by atoms with E-state index in [4.69, 9.17) is 9.47 Å². The molecule has 0 saturated carbocycles. The molecule has 2 rings (SSSR count). The Labute approximate surface area is 147 Å². The summed E-state index contributed by atoms with van der Waals surface area (Å²) in [6.45, 7) is 9.60. The number of halogens is 1. The molecule has 1 heterocycles. The van der Waals surface area contributed by atoms with Gasteiger partial charge in [0.25, 0.3) is 0 Å². The molecule has 23 heavy (non-hydrogen) atoms. The van der Waals surface area contributed by atoms with E-state index in [0.717, 1.165) is 50.5 Å². The molecule has 132 valence electrons. The van der Waals surface area contributed by atoms with Crippen molar-refractivity contribution in [3.8, 4) is 11.5 Å². The number of piperazine rings is 1. The van der Waals surface area contributed by atoms with Gasteiger partial charge in [0.05, 0.1) is 13.2 Å². The maximum atomic E-state index is 5.81. The lowest BCUT2D eigenvalue weighted by Crippen LogP contribution is -2.44. The Balaban J connectivity index is 0.00000264. The van der Waals surface area contributed by atoms with Crippen LogP contribution in [0.5, 0.6) is 11.5 Å². The van der Waals surface area contributed by atoms with Gasteiger partial charge in [0.2, 0.25) is 0 Å². The number of hydrogen-bond donors (Lipinski definition) is 0. The second-order valence-electron chi connectivity index (χ2n) is 6.02. The molecule has 0 aromatic heterocycles. The fourth-order valence-electron chi connectivity index (χ4n) is 2.52. The van der Waals surface area contributed by atoms with Gasteiger partial charge in [0.15, 0.2) is 0 Å². The summed E-state index contributed by atoms with van der Waals surface area (Å²) < 4.78 is 11.5. The third-order valence-electron chi connectivity index (χ3n) is 4.07. The minimum atomic E-state index is 0. The molecule has 1 aromatic carbocycles. The summed E-state index contributed by atoms with van der Waals surface area (Å²) in [5.74, 6) is 1.86. The molecule has 1 aliphatic rings. The highest BCUT2D eigenvalue weighted by Crippen LogP contribution is 2.18. The topological polar surface area (TPSA) is 24.9 Å². The summed E-state index contributed by atoms with van der Waals surface area (Å²) in [6.07, 6.45) is 3.34. The Morgan fingerprint density at radius 1 is 0.870 bits per heavy atom. The van der Waals surface area contributed by atoms with Crippen LogP contribution in [0, 0.1) is 0 Å². The van der Waals surface area contributed by atoms with Gasteiger partial charge in [0, 0.05) is 32.7 Å². The van der Waals surface area contributed by atoms with Gasteiger partial charge < -0.3 is 19.3 Å².